The van der Waals surface area contributed by atoms with E-state index in [1.54, 1.807) is 0 Å². The first-order valence-electron chi connectivity index (χ1n) is 20.2. The molecule has 5 nitrogen and oxygen atoms in total. The molecule has 1 aliphatic rings. The zero-order chi connectivity index (χ0) is 32.7. The maximum absolute atomic E-state index is 10.6. The van der Waals surface area contributed by atoms with E-state index in [2.05, 4.69) is 0 Å². The van der Waals surface area contributed by atoms with Gasteiger partial charge in [-0.25, -0.2) is 0 Å². The fourth-order valence-electron chi connectivity index (χ4n) is 8.19. The Morgan fingerprint density at radius 1 is 0.311 bits per heavy atom. The molecular weight excluding hydrogens is 560 g/mol. The second-order valence-corrected chi connectivity index (χ2v) is 15.1. The summed E-state index contributed by atoms with van der Waals surface area (Å²) in [5, 5.41) is 52.7. The highest BCUT2D eigenvalue weighted by Crippen LogP contribution is 2.49. The largest absolute Gasteiger partial charge is 0.396 e. The van der Waals surface area contributed by atoms with E-state index >= 15 is 0 Å². The molecule has 0 amide bonds. The number of hydrogen-bond donors (Lipinski definition) is 5. The average molecular weight is 641 g/mol. The van der Waals surface area contributed by atoms with Crippen LogP contribution in [0.25, 0.3) is 0 Å². The van der Waals surface area contributed by atoms with Crippen molar-refractivity contribution in [2.75, 3.05) is 33.0 Å². The van der Waals surface area contributed by atoms with Crippen molar-refractivity contribution in [3.8, 4) is 0 Å². The molecule has 0 radical (unpaired) electrons. The molecule has 1 rings (SSSR count). The number of rotatable bonds is 5. The first-order chi connectivity index (χ1) is 22.2. The lowest BCUT2D eigenvalue weighted by atomic mass is 9.55. The summed E-state index contributed by atoms with van der Waals surface area (Å²) >= 11 is 0. The van der Waals surface area contributed by atoms with Crippen LogP contribution in [0.1, 0.15) is 205 Å². The number of aliphatic hydroxyl groups excluding tert-OH is 5. The number of hydrogen-bond acceptors (Lipinski definition) is 5. The highest BCUT2D eigenvalue weighted by Gasteiger charge is 2.53. The molecule has 0 aromatic carbocycles. The van der Waals surface area contributed by atoms with Crippen molar-refractivity contribution in [2.24, 2.45) is 16.7 Å². The normalized spacial score (nSPS) is 25.4. The van der Waals surface area contributed by atoms with Crippen molar-refractivity contribution < 1.29 is 25.5 Å². The minimum atomic E-state index is -1.10. The third-order valence-corrected chi connectivity index (χ3v) is 11.7. The van der Waals surface area contributed by atoms with Gasteiger partial charge in [0.1, 0.15) is 0 Å². The zero-order valence-corrected chi connectivity index (χ0v) is 30.0. The van der Waals surface area contributed by atoms with Gasteiger partial charge in [-0.1, -0.05) is 193 Å². The zero-order valence-electron chi connectivity index (χ0n) is 30.0. The van der Waals surface area contributed by atoms with Crippen LogP contribution in [0.4, 0.5) is 0 Å². The van der Waals surface area contributed by atoms with Crippen LogP contribution in [0.3, 0.4) is 0 Å². The smallest absolute Gasteiger partial charge is 0.0520 e. The summed E-state index contributed by atoms with van der Waals surface area (Å²) in [7, 11) is 0. The molecule has 1 aliphatic carbocycles. The highest BCUT2D eigenvalue weighted by molar-refractivity contribution is 5.01. The van der Waals surface area contributed by atoms with Crippen molar-refractivity contribution >= 4 is 0 Å². The molecule has 0 saturated heterocycles. The van der Waals surface area contributed by atoms with Gasteiger partial charge in [-0.05, 0) is 18.8 Å². The quantitative estimate of drug-likeness (QED) is 0.206. The van der Waals surface area contributed by atoms with E-state index in [4.69, 9.17) is 0 Å². The van der Waals surface area contributed by atoms with E-state index in [9.17, 15) is 25.5 Å². The lowest BCUT2D eigenvalue weighted by Crippen LogP contribution is -2.57. The van der Waals surface area contributed by atoms with Crippen molar-refractivity contribution in [1.82, 2.24) is 0 Å². The average Bonchev–Trinajstić information content (AvgIpc) is 3.06. The molecule has 5 N–H and O–H groups in total. The van der Waals surface area contributed by atoms with Crippen LogP contribution in [0.5, 0.6) is 0 Å². The maximum Gasteiger partial charge on any atom is 0.0520 e. The summed E-state index contributed by atoms with van der Waals surface area (Å²) in [6, 6.07) is 0. The van der Waals surface area contributed by atoms with Crippen LogP contribution in [0, 0.1) is 16.7 Å². The van der Waals surface area contributed by atoms with Crippen LogP contribution in [0.15, 0.2) is 0 Å². The van der Waals surface area contributed by atoms with Gasteiger partial charge < -0.3 is 25.5 Å². The summed E-state index contributed by atoms with van der Waals surface area (Å²) in [6.45, 7) is -1.41. The molecule has 1 saturated carbocycles. The van der Waals surface area contributed by atoms with E-state index in [-0.39, 0.29) is 39.0 Å². The molecule has 0 aromatic rings. The summed E-state index contributed by atoms with van der Waals surface area (Å²) < 4.78 is 0. The molecule has 1 unspecified atom stereocenters. The summed E-state index contributed by atoms with van der Waals surface area (Å²) in [6.07, 6.45) is 40.4. The second kappa shape index (κ2) is 29.9. The molecule has 45 heavy (non-hydrogen) atoms. The number of aliphatic hydroxyl groups is 5. The standard InChI is InChI=1S/C40H80O5/c41-33-38-31-29-27-25-23-21-19-17-15-13-11-9-7-5-3-1-2-4-6-8-10-12-14-16-18-20-22-24-26-28-30-32-39(34-42,35-43)40(38,36-44)37-45/h38,41-45H,1-37H2. The Morgan fingerprint density at radius 2 is 0.556 bits per heavy atom. The molecule has 0 bridgehead atoms. The molecule has 0 aromatic heterocycles. The summed E-state index contributed by atoms with van der Waals surface area (Å²) in [5.41, 5.74) is -2.10. The van der Waals surface area contributed by atoms with Crippen molar-refractivity contribution in [3.05, 3.63) is 0 Å². The first-order valence-corrected chi connectivity index (χ1v) is 20.2. The Balaban J connectivity index is 2.57. The minimum absolute atomic E-state index is 0.150. The molecule has 1 atom stereocenters. The van der Waals surface area contributed by atoms with Crippen molar-refractivity contribution in [3.63, 3.8) is 0 Å². The fourth-order valence-corrected chi connectivity index (χ4v) is 8.19. The molecule has 1 fully saturated rings. The van der Waals surface area contributed by atoms with E-state index in [1.807, 2.05) is 0 Å². The fraction of sp³-hybridized carbons (Fsp3) is 1.00. The topological polar surface area (TPSA) is 101 Å². The van der Waals surface area contributed by atoms with Crippen LogP contribution in [0.2, 0.25) is 0 Å². The third kappa shape index (κ3) is 18.2. The molecule has 0 heterocycles. The predicted molar refractivity (Wildman–Crippen MR) is 192 cm³/mol. The third-order valence-electron chi connectivity index (χ3n) is 11.7. The van der Waals surface area contributed by atoms with Gasteiger partial charge in [0.05, 0.1) is 26.4 Å². The predicted octanol–water partition coefficient (Wildman–Crippen LogP) is 10.0. The van der Waals surface area contributed by atoms with Gasteiger partial charge in [-0.3, -0.25) is 0 Å². The van der Waals surface area contributed by atoms with Gasteiger partial charge in [0.2, 0.25) is 0 Å². The lowest BCUT2D eigenvalue weighted by Gasteiger charge is -2.51. The van der Waals surface area contributed by atoms with Crippen LogP contribution in [-0.2, 0) is 0 Å². The van der Waals surface area contributed by atoms with Crippen LogP contribution >= 0.6 is 0 Å². The van der Waals surface area contributed by atoms with E-state index in [1.165, 1.54) is 161 Å². The molecule has 5 heteroatoms. The van der Waals surface area contributed by atoms with E-state index < -0.39 is 10.8 Å². The maximum atomic E-state index is 10.6. The van der Waals surface area contributed by atoms with Gasteiger partial charge in [0.15, 0.2) is 0 Å². The van der Waals surface area contributed by atoms with Crippen LogP contribution in [-0.4, -0.2) is 58.6 Å². The van der Waals surface area contributed by atoms with Crippen molar-refractivity contribution in [1.29, 1.82) is 0 Å². The van der Waals surface area contributed by atoms with Crippen LogP contribution < -0.4 is 0 Å². The highest BCUT2D eigenvalue weighted by atomic mass is 16.3. The van der Waals surface area contributed by atoms with E-state index in [0.717, 1.165) is 32.1 Å². The van der Waals surface area contributed by atoms with Gasteiger partial charge in [0.25, 0.3) is 0 Å². The Hall–Kier alpha value is -0.200. The summed E-state index contributed by atoms with van der Waals surface area (Å²) in [4.78, 5) is 0. The molecule has 0 spiro atoms. The Kier molecular flexibility index (Phi) is 28.5. The molecular formula is C40H80O5. The SMILES string of the molecule is OCC1CCCCCCCCCCCCCCCCCCCCCCCCCCCCCCCCC(CO)(CO)C1(CO)CO. The Bertz CT molecular complexity index is 603. The Labute approximate surface area is 280 Å². The van der Waals surface area contributed by atoms with Gasteiger partial charge in [-0.2, -0.15) is 0 Å². The minimum Gasteiger partial charge on any atom is -0.396 e. The Morgan fingerprint density at radius 3 is 0.778 bits per heavy atom. The lowest BCUT2D eigenvalue weighted by molar-refractivity contribution is -0.159. The van der Waals surface area contributed by atoms with E-state index in [0.29, 0.717) is 12.8 Å². The van der Waals surface area contributed by atoms with Crippen molar-refractivity contribution in [2.45, 2.75) is 205 Å². The molecule has 0 aliphatic heterocycles. The van der Waals surface area contributed by atoms with Gasteiger partial charge in [-0.15, -0.1) is 0 Å². The molecule has 270 valence electrons. The summed E-state index contributed by atoms with van der Waals surface area (Å²) in [5.74, 6) is -0.348. The van der Waals surface area contributed by atoms with Gasteiger partial charge in [0, 0.05) is 17.4 Å². The van der Waals surface area contributed by atoms with Gasteiger partial charge >= 0.3 is 0 Å². The first kappa shape index (κ1) is 42.8. The second-order valence-electron chi connectivity index (χ2n) is 15.1. The monoisotopic (exact) mass is 641 g/mol.